The molecular formula is C18H27ClFN3O4. The van der Waals surface area contributed by atoms with E-state index in [-0.39, 0.29) is 18.1 Å². The number of rotatable bonds is 9. The van der Waals surface area contributed by atoms with Gasteiger partial charge in [0, 0.05) is 32.8 Å². The maximum atomic E-state index is 12.7. The number of anilines is 1. The average molecular weight is 404 g/mol. The lowest BCUT2D eigenvalue weighted by Crippen LogP contribution is -2.55. The van der Waals surface area contributed by atoms with Crippen molar-refractivity contribution >= 4 is 23.2 Å². The van der Waals surface area contributed by atoms with Gasteiger partial charge in [-0.25, -0.2) is 4.39 Å². The van der Waals surface area contributed by atoms with Crippen molar-refractivity contribution in [3.8, 4) is 5.75 Å². The van der Waals surface area contributed by atoms with Crippen molar-refractivity contribution < 1.29 is 23.4 Å². The number of benzene rings is 1. The number of halogens is 2. The summed E-state index contributed by atoms with van der Waals surface area (Å²) in [6.07, 6.45) is 1.33. The number of methoxy groups -OCH3 is 2. The number of ether oxygens (including phenoxy) is 3. The summed E-state index contributed by atoms with van der Waals surface area (Å²) in [4.78, 5) is 15.0. The highest BCUT2D eigenvalue weighted by Crippen LogP contribution is 2.29. The van der Waals surface area contributed by atoms with Crippen LogP contribution in [-0.2, 0) is 9.47 Å². The molecule has 0 saturated carbocycles. The predicted octanol–water partition coefficient (Wildman–Crippen LogP) is 2.08. The SMILES string of the molecule is COc1cc(N)c(Cl)cc1C(=O)NC1CCN(CCCOCF)CC1OC. The number of nitrogens with one attached hydrogen (secondary N) is 1. The van der Waals surface area contributed by atoms with E-state index in [9.17, 15) is 9.18 Å². The molecule has 1 fully saturated rings. The Morgan fingerprint density at radius 3 is 2.89 bits per heavy atom. The molecular weight excluding hydrogens is 377 g/mol. The van der Waals surface area contributed by atoms with E-state index in [1.807, 2.05) is 0 Å². The third kappa shape index (κ3) is 5.93. The summed E-state index contributed by atoms with van der Waals surface area (Å²) >= 11 is 6.05. The molecule has 7 nitrogen and oxygen atoms in total. The van der Waals surface area contributed by atoms with E-state index in [1.54, 1.807) is 7.11 Å². The fourth-order valence-electron chi connectivity index (χ4n) is 3.19. The van der Waals surface area contributed by atoms with Gasteiger partial charge in [-0.2, -0.15) is 0 Å². The van der Waals surface area contributed by atoms with E-state index >= 15 is 0 Å². The molecule has 1 aromatic carbocycles. The van der Waals surface area contributed by atoms with E-state index in [4.69, 9.17) is 31.5 Å². The molecule has 2 unspecified atom stereocenters. The van der Waals surface area contributed by atoms with Crippen LogP contribution in [0.15, 0.2) is 12.1 Å². The summed E-state index contributed by atoms with van der Waals surface area (Å²) in [6, 6.07) is 2.90. The zero-order valence-corrected chi connectivity index (χ0v) is 16.4. The first-order valence-electron chi connectivity index (χ1n) is 8.82. The molecule has 1 heterocycles. The van der Waals surface area contributed by atoms with Crippen LogP contribution in [0.25, 0.3) is 0 Å². The van der Waals surface area contributed by atoms with Crippen LogP contribution in [-0.4, -0.2) is 70.3 Å². The van der Waals surface area contributed by atoms with E-state index < -0.39 is 6.86 Å². The highest BCUT2D eigenvalue weighted by molar-refractivity contribution is 6.33. The van der Waals surface area contributed by atoms with Crippen molar-refractivity contribution in [1.82, 2.24) is 10.2 Å². The second kappa shape index (κ2) is 10.7. The molecule has 0 aromatic heterocycles. The molecule has 0 spiro atoms. The fourth-order valence-corrected chi connectivity index (χ4v) is 3.36. The molecule has 27 heavy (non-hydrogen) atoms. The van der Waals surface area contributed by atoms with Gasteiger partial charge in [0.05, 0.1) is 42.1 Å². The van der Waals surface area contributed by atoms with Crippen LogP contribution in [0, 0.1) is 0 Å². The van der Waals surface area contributed by atoms with Gasteiger partial charge < -0.3 is 30.2 Å². The molecule has 1 aromatic rings. The molecule has 1 amide bonds. The third-order valence-corrected chi connectivity index (χ3v) is 4.99. The normalized spacial score (nSPS) is 20.4. The van der Waals surface area contributed by atoms with Crippen molar-refractivity contribution in [2.45, 2.75) is 25.0 Å². The van der Waals surface area contributed by atoms with E-state index in [2.05, 4.69) is 10.2 Å². The average Bonchev–Trinajstić information content (AvgIpc) is 2.67. The number of nitrogen functional groups attached to an aromatic ring is 1. The number of amides is 1. The van der Waals surface area contributed by atoms with Crippen LogP contribution in [0.2, 0.25) is 5.02 Å². The largest absolute Gasteiger partial charge is 0.496 e. The summed E-state index contributed by atoms with van der Waals surface area (Å²) in [5.41, 5.74) is 6.45. The zero-order valence-electron chi connectivity index (χ0n) is 15.7. The standard InChI is InChI=1S/C18H27ClFN3O4/c1-25-16-9-14(21)13(19)8-12(16)18(24)22-15-4-6-23(10-17(15)26-2)5-3-7-27-11-20/h8-9,15,17H,3-7,10-11,21H2,1-2H3,(H,22,24). The molecule has 1 aliphatic rings. The number of alkyl halides is 1. The van der Waals surface area contributed by atoms with Gasteiger partial charge in [0.25, 0.3) is 5.91 Å². The Bertz CT molecular complexity index is 635. The first kappa shape index (κ1) is 21.7. The zero-order chi connectivity index (χ0) is 19.8. The van der Waals surface area contributed by atoms with Gasteiger partial charge in [-0.05, 0) is 18.9 Å². The molecule has 0 bridgehead atoms. The van der Waals surface area contributed by atoms with Crippen LogP contribution in [0.3, 0.4) is 0 Å². The summed E-state index contributed by atoms with van der Waals surface area (Å²) < 4.78 is 27.5. The van der Waals surface area contributed by atoms with Gasteiger partial charge in [0.15, 0.2) is 6.86 Å². The Hall–Kier alpha value is -1.61. The lowest BCUT2D eigenvalue weighted by molar-refractivity contribution is 0.000723. The molecule has 0 aliphatic carbocycles. The number of nitrogens with two attached hydrogens (primary N) is 1. The monoisotopic (exact) mass is 403 g/mol. The molecule has 152 valence electrons. The second-order valence-electron chi connectivity index (χ2n) is 6.39. The van der Waals surface area contributed by atoms with E-state index in [0.29, 0.717) is 35.2 Å². The maximum Gasteiger partial charge on any atom is 0.255 e. The molecule has 3 N–H and O–H groups in total. The molecule has 1 aliphatic heterocycles. The number of hydrogen-bond donors (Lipinski definition) is 2. The van der Waals surface area contributed by atoms with Crippen molar-refractivity contribution in [2.24, 2.45) is 0 Å². The highest BCUT2D eigenvalue weighted by atomic mass is 35.5. The smallest absolute Gasteiger partial charge is 0.255 e. The number of hydrogen-bond acceptors (Lipinski definition) is 6. The van der Waals surface area contributed by atoms with Gasteiger partial charge in [-0.1, -0.05) is 11.6 Å². The lowest BCUT2D eigenvalue weighted by atomic mass is 10.0. The predicted molar refractivity (Wildman–Crippen MR) is 102 cm³/mol. The Balaban J connectivity index is 1.97. The quantitative estimate of drug-likeness (QED) is 0.485. The topological polar surface area (TPSA) is 86.0 Å². The molecule has 0 radical (unpaired) electrons. The van der Waals surface area contributed by atoms with Crippen LogP contribution >= 0.6 is 11.6 Å². The summed E-state index contributed by atoms with van der Waals surface area (Å²) in [5, 5.41) is 3.31. The van der Waals surface area contributed by atoms with Crippen LogP contribution < -0.4 is 15.8 Å². The number of likely N-dealkylation sites (tertiary alicyclic amines) is 1. The van der Waals surface area contributed by atoms with Gasteiger partial charge in [-0.15, -0.1) is 0 Å². The molecule has 9 heteroatoms. The third-order valence-electron chi connectivity index (χ3n) is 4.67. The van der Waals surface area contributed by atoms with Crippen molar-refractivity contribution in [1.29, 1.82) is 0 Å². The Morgan fingerprint density at radius 1 is 1.44 bits per heavy atom. The highest BCUT2D eigenvalue weighted by Gasteiger charge is 2.31. The van der Waals surface area contributed by atoms with Crippen LogP contribution in [0.1, 0.15) is 23.2 Å². The molecule has 2 rings (SSSR count). The summed E-state index contributed by atoms with van der Waals surface area (Å²) in [6.45, 7) is 1.91. The number of piperidine rings is 1. The Kier molecular flexibility index (Phi) is 8.56. The van der Waals surface area contributed by atoms with Crippen LogP contribution in [0.5, 0.6) is 5.75 Å². The fraction of sp³-hybridized carbons (Fsp3) is 0.611. The number of nitrogens with zero attached hydrogens (tertiary/aromatic N) is 1. The van der Waals surface area contributed by atoms with E-state index in [0.717, 1.165) is 25.9 Å². The van der Waals surface area contributed by atoms with Crippen molar-refractivity contribution in [2.75, 3.05) is 53.1 Å². The maximum absolute atomic E-state index is 12.7. The minimum Gasteiger partial charge on any atom is -0.496 e. The lowest BCUT2D eigenvalue weighted by Gasteiger charge is -2.38. The second-order valence-corrected chi connectivity index (χ2v) is 6.80. The summed E-state index contributed by atoms with van der Waals surface area (Å²) in [5.74, 6) is 0.0826. The van der Waals surface area contributed by atoms with Gasteiger partial charge in [-0.3, -0.25) is 4.79 Å². The van der Waals surface area contributed by atoms with Gasteiger partial charge in [0.1, 0.15) is 5.75 Å². The van der Waals surface area contributed by atoms with E-state index in [1.165, 1.54) is 19.2 Å². The Labute approximate surface area is 163 Å². The van der Waals surface area contributed by atoms with Crippen molar-refractivity contribution in [3.05, 3.63) is 22.7 Å². The number of carbonyl (C=O) groups excluding carboxylic acids is 1. The summed E-state index contributed by atoms with van der Waals surface area (Å²) in [7, 11) is 3.10. The minimum atomic E-state index is -0.757. The molecule has 2 atom stereocenters. The first-order valence-corrected chi connectivity index (χ1v) is 9.20. The first-order chi connectivity index (χ1) is 13.0. The molecule has 1 saturated heterocycles. The van der Waals surface area contributed by atoms with Gasteiger partial charge >= 0.3 is 0 Å². The van der Waals surface area contributed by atoms with Crippen molar-refractivity contribution in [3.63, 3.8) is 0 Å². The Morgan fingerprint density at radius 2 is 2.22 bits per heavy atom. The van der Waals surface area contributed by atoms with Crippen LogP contribution in [0.4, 0.5) is 10.1 Å². The van der Waals surface area contributed by atoms with Gasteiger partial charge in [0.2, 0.25) is 0 Å². The number of carbonyl (C=O) groups is 1. The minimum absolute atomic E-state index is 0.137.